The van der Waals surface area contributed by atoms with Gasteiger partial charge in [-0.05, 0) is 6.92 Å². The van der Waals surface area contributed by atoms with Gasteiger partial charge in [0.15, 0.2) is 0 Å². The van der Waals surface area contributed by atoms with Crippen LogP contribution in [0.15, 0.2) is 12.3 Å². The first-order valence-electron chi connectivity index (χ1n) is 1.82. The molecule has 0 saturated carbocycles. The van der Waals surface area contributed by atoms with Crippen molar-refractivity contribution in [1.29, 1.82) is 0 Å². The monoisotopic (exact) mass is 162 g/mol. The Morgan fingerprint density at radius 3 is 2.11 bits per heavy atom. The maximum absolute atomic E-state index is 9.85. The number of allylic oxidation sites excluding steroid dienone is 1. The topological polar surface area (TPSA) is 66.8 Å². The first kappa shape index (κ1) is 12.4. The molecule has 9 heavy (non-hydrogen) atoms. The fourth-order valence-corrected chi connectivity index (χ4v) is 0.609. The van der Waals surface area contributed by atoms with E-state index in [-0.39, 0.29) is 36.7 Å². The molecule has 0 fully saturated rings. The molecule has 0 rings (SSSR count). The van der Waals surface area contributed by atoms with Crippen LogP contribution in [0.1, 0.15) is 8.35 Å². The van der Waals surface area contributed by atoms with Crippen LogP contribution in [0, 0.1) is 0 Å². The average molecular weight is 162 g/mol. The van der Waals surface area contributed by atoms with Crippen molar-refractivity contribution < 1.29 is 49.9 Å². The fraction of sp³-hybridized carbons (Fsp3) is 0.333. The van der Waals surface area contributed by atoms with Gasteiger partial charge in [0, 0.05) is 0 Å². The summed E-state index contributed by atoms with van der Waals surface area (Å²) in [5, 5.41) is 0. The van der Waals surface area contributed by atoms with E-state index in [0.29, 0.717) is 0 Å². The first-order chi connectivity index (χ1) is 3.42. The molecule has 6 heteroatoms. The molecule has 0 heterocycles. The van der Waals surface area contributed by atoms with Crippen LogP contribution < -0.4 is 29.6 Å². The molecule has 0 saturated heterocycles. The number of phosphoric ester groups is 1. The first-order valence-corrected chi connectivity index (χ1v) is 3.35. The molecule has 0 atom stereocenters. The van der Waals surface area contributed by atoms with Gasteiger partial charge < -0.3 is 5.95 Å². The van der Waals surface area contributed by atoms with E-state index in [9.17, 15) is 4.57 Å². The Labute approximate surface area is 76.9 Å². The SMILES string of the molecule is C=C(C)OP(=O)(O)O.[H-].[Na+]. The maximum atomic E-state index is 9.85. The average Bonchev–Trinajstić information content (AvgIpc) is 1.21. The Balaban J connectivity index is -0.000000245. The summed E-state index contributed by atoms with van der Waals surface area (Å²) in [5.74, 6) is 0.0123. The van der Waals surface area contributed by atoms with Crippen molar-refractivity contribution in [2.24, 2.45) is 0 Å². The third kappa shape index (κ3) is 12.0. The number of hydrogen-bond acceptors (Lipinski definition) is 2. The largest absolute Gasteiger partial charge is 1.00 e. The number of phosphoric acid groups is 1. The molecule has 0 aliphatic rings. The zero-order chi connectivity index (χ0) is 6.78. The minimum absolute atomic E-state index is 0. The Morgan fingerprint density at radius 1 is 1.78 bits per heavy atom. The van der Waals surface area contributed by atoms with Gasteiger partial charge in [0.25, 0.3) is 0 Å². The Morgan fingerprint density at radius 2 is 2.11 bits per heavy atom. The van der Waals surface area contributed by atoms with E-state index < -0.39 is 7.82 Å². The van der Waals surface area contributed by atoms with Gasteiger partial charge in [-0.25, -0.2) is 4.57 Å². The van der Waals surface area contributed by atoms with E-state index in [0.717, 1.165) is 0 Å². The van der Waals surface area contributed by atoms with Gasteiger partial charge in [-0.1, -0.05) is 6.58 Å². The van der Waals surface area contributed by atoms with Crippen LogP contribution in [0.5, 0.6) is 0 Å². The maximum Gasteiger partial charge on any atom is 1.00 e. The molecule has 50 valence electrons. The van der Waals surface area contributed by atoms with Crippen molar-refractivity contribution in [2.45, 2.75) is 6.92 Å². The molecular formula is C3H8NaO4P. The summed E-state index contributed by atoms with van der Waals surface area (Å²) in [6.45, 7) is 4.49. The van der Waals surface area contributed by atoms with Gasteiger partial charge in [0.1, 0.15) is 0 Å². The molecule has 0 aliphatic heterocycles. The predicted molar refractivity (Wildman–Crippen MR) is 29.1 cm³/mol. The van der Waals surface area contributed by atoms with Crippen LogP contribution in [0.3, 0.4) is 0 Å². The molecule has 4 nitrogen and oxygen atoms in total. The summed E-state index contributed by atoms with van der Waals surface area (Å²) in [6, 6.07) is 0. The second-order valence-electron chi connectivity index (χ2n) is 1.28. The minimum atomic E-state index is -4.32. The van der Waals surface area contributed by atoms with Crippen LogP contribution in [-0.2, 0) is 9.09 Å². The van der Waals surface area contributed by atoms with Gasteiger partial charge in [-0.15, -0.1) is 0 Å². The minimum Gasteiger partial charge on any atom is -1.00 e. The number of rotatable bonds is 2. The van der Waals surface area contributed by atoms with Crippen LogP contribution in [0.4, 0.5) is 0 Å². The summed E-state index contributed by atoms with van der Waals surface area (Å²) in [7, 11) is -4.32. The zero-order valence-electron chi connectivity index (χ0n) is 6.37. The molecule has 0 bridgehead atoms. The molecule has 0 unspecified atom stereocenters. The number of hydrogen-bond donors (Lipinski definition) is 2. The van der Waals surface area contributed by atoms with E-state index in [4.69, 9.17) is 9.79 Å². The van der Waals surface area contributed by atoms with Gasteiger partial charge in [0.05, 0.1) is 5.76 Å². The fourth-order valence-electron chi connectivity index (χ4n) is 0.203. The molecule has 0 amide bonds. The summed E-state index contributed by atoms with van der Waals surface area (Å²) >= 11 is 0. The van der Waals surface area contributed by atoms with Crippen molar-refractivity contribution in [1.82, 2.24) is 0 Å². The Bertz CT molecular complexity index is 143. The predicted octanol–water partition coefficient (Wildman–Crippen LogP) is -2.25. The summed E-state index contributed by atoms with van der Waals surface area (Å²) < 4.78 is 13.8. The van der Waals surface area contributed by atoms with Gasteiger partial charge in [-0.2, -0.15) is 0 Å². The summed E-state index contributed by atoms with van der Waals surface area (Å²) in [5.41, 5.74) is 0. The third-order valence-electron chi connectivity index (χ3n) is 0.275. The van der Waals surface area contributed by atoms with Crippen LogP contribution >= 0.6 is 7.82 Å². The van der Waals surface area contributed by atoms with E-state index in [1.165, 1.54) is 6.92 Å². The second kappa shape index (κ2) is 4.50. The molecule has 0 aliphatic carbocycles. The molecule has 0 aromatic rings. The van der Waals surface area contributed by atoms with Gasteiger partial charge in [-0.3, -0.25) is 9.79 Å². The molecule has 0 aromatic carbocycles. The smallest absolute Gasteiger partial charge is 1.00 e. The van der Waals surface area contributed by atoms with E-state index >= 15 is 0 Å². The van der Waals surface area contributed by atoms with Crippen molar-refractivity contribution in [3.05, 3.63) is 12.3 Å². The van der Waals surface area contributed by atoms with Crippen molar-refractivity contribution in [3.63, 3.8) is 0 Å². The quantitative estimate of drug-likeness (QED) is 0.273. The molecule has 0 aromatic heterocycles. The van der Waals surface area contributed by atoms with Crippen molar-refractivity contribution >= 4 is 7.82 Å². The Kier molecular flexibility index (Phi) is 6.18. The third-order valence-corrected chi connectivity index (χ3v) is 0.824. The summed E-state index contributed by atoms with van der Waals surface area (Å²) in [4.78, 5) is 16.0. The van der Waals surface area contributed by atoms with E-state index in [2.05, 4.69) is 11.1 Å². The van der Waals surface area contributed by atoms with Gasteiger partial charge in [0.2, 0.25) is 0 Å². The van der Waals surface area contributed by atoms with Gasteiger partial charge >= 0.3 is 37.4 Å². The molecular weight excluding hydrogens is 154 g/mol. The van der Waals surface area contributed by atoms with Crippen LogP contribution in [0.2, 0.25) is 0 Å². The normalized spacial score (nSPS) is 9.67. The second-order valence-corrected chi connectivity index (χ2v) is 2.45. The van der Waals surface area contributed by atoms with Crippen molar-refractivity contribution in [2.75, 3.05) is 0 Å². The molecule has 2 N–H and O–H groups in total. The van der Waals surface area contributed by atoms with Crippen LogP contribution in [0.25, 0.3) is 0 Å². The Hall–Kier alpha value is 0.690. The van der Waals surface area contributed by atoms with E-state index in [1.807, 2.05) is 0 Å². The van der Waals surface area contributed by atoms with E-state index in [1.54, 1.807) is 0 Å². The standard InChI is InChI=1S/C3H7O4P.Na.H/c1-3(2)7-8(4,5)6;;/h1H2,2H3,(H2,4,5,6);;/q;+1;-1. The zero-order valence-corrected chi connectivity index (χ0v) is 8.26. The van der Waals surface area contributed by atoms with Crippen LogP contribution in [-0.4, -0.2) is 9.79 Å². The van der Waals surface area contributed by atoms with Crippen molar-refractivity contribution in [3.8, 4) is 0 Å². The summed E-state index contributed by atoms with van der Waals surface area (Å²) in [6.07, 6.45) is 0. The molecule has 0 spiro atoms. The molecule has 0 radical (unpaired) electrons.